The third kappa shape index (κ3) is 2.57. The second kappa shape index (κ2) is 4.44. The summed E-state index contributed by atoms with van der Waals surface area (Å²) in [6.07, 6.45) is 1.73. The fraction of sp³-hybridized carbons (Fsp3) is 0.600. The van der Waals surface area contributed by atoms with Gasteiger partial charge in [0.05, 0.1) is 6.26 Å². The van der Waals surface area contributed by atoms with Crippen LogP contribution in [0.4, 0.5) is 0 Å². The van der Waals surface area contributed by atoms with Crippen LogP contribution < -0.4 is 5.73 Å². The lowest BCUT2D eigenvalue weighted by molar-refractivity contribution is 0.253. The molecule has 0 saturated carbocycles. The smallest absolute Gasteiger partial charge is 0.105 e. The molecule has 0 aliphatic heterocycles. The summed E-state index contributed by atoms with van der Waals surface area (Å²) in [4.78, 5) is 2.22. The largest absolute Gasteiger partial charge is 0.469 e. The maximum Gasteiger partial charge on any atom is 0.105 e. The number of aryl methyl sites for hydroxylation is 1. The van der Waals surface area contributed by atoms with Crippen molar-refractivity contribution in [3.63, 3.8) is 0 Å². The Kier molecular flexibility index (Phi) is 3.51. The molecule has 0 saturated heterocycles. The van der Waals surface area contributed by atoms with Crippen molar-refractivity contribution >= 4 is 0 Å². The topological polar surface area (TPSA) is 42.4 Å². The first kappa shape index (κ1) is 10.3. The second-order valence-corrected chi connectivity index (χ2v) is 3.50. The fourth-order valence-corrected chi connectivity index (χ4v) is 1.18. The van der Waals surface area contributed by atoms with E-state index in [2.05, 4.69) is 18.9 Å². The normalized spacial score (nSPS) is 13.6. The SMILES string of the molecule is Cc1occc1CN(C)C(C)CN. The van der Waals surface area contributed by atoms with E-state index in [-0.39, 0.29) is 0 Å². The fourth-order valence-electron chi connectivity index (χ4n) is 1.18. The monoisotopic (exact) mass is 182 g/mol. The van der Waals surface area contributed by atoms with Crippen LogP contribution in [0.15, 0.2) is 16.7 Å². The first-order valence-corrected chi connectivity index (χ1v) is 4.58. The molecule has 3 heteroatoms. The van der Waals surface area contributed by atoms with Crippen molar-refractivity contribution in [1.82, 2.24) is 4.90 Å². The number of likely N-dealkylation sites (N-methyl/N-ethyl adjacent to an activating group) is 1. The van der Waals surface area contributed by atoms with Gasteiger partial charge in [-0.25, -0.2) is 0 Å². The minimum atomic E-state index is 0.411. The molecule has 1 heterocycles. The van der Waals surface area contributed by atoms with Gasteiger partial charge in [-0.2, -0.15) is 0 Å². The van der Waals surface area contributed by atoms with Crippen LogP contribution >= 0.6 is 0 Å². The van der Waals surface area contributed by atoms with Crippen LogP contribution in [0.25, 0.3) is 0 Å². The van der Waals surface area contributed by atoms with E-state index < -0.39 is 0 Å². The molecule has 74 valence electrons. The summed E-state index contributed by atoms with van der Waals surface area (Å²) in [6, 6.07) is 2.42. The van der Waals surface area contributed by atoms with E-state index in [0.717, 1.165) is 12.3 Å². The van der Waals surface area contributed by atoms with Crippen molar-refractivity contribution in [2.75, 3.05) is 13.6 Å². The van der Waals surface area contributed by atoms with E-state index in [1.165, 1.54) is 5.56 Å². The predicted molar refractivity (Wildman–Crippen MR) is 53.4 cm³/mol. The van der Waals surface area contributed by atoms with Crippen LogP contribution in [0.1, 0.15) is 18.2 Å². The number of nitrogens with two attached hydrogens (primary N) is 1. The summed E-state index contributed by atoms with van der Waals surface area (Å²) >= 11 is 0. The zero-order valence-electron chi connectivity index (χ0n) is 8.58. The summed E-state index contributed by atoms with van der Waals surface area (Å²) in [6.45, 7) is 5.69. The van der Waals surface area contributed by atoms with E-state index >= 15 is 0 Å². The van der Waals surface area contributed by atoms with Crippen molar-refractivity contribution in [3.8, 4) is 0 Å². The molecule has 1 rings (SSSR count). The lowest BCUT2D eigenvalue weighted by Gasteiger charge is -2.22. The summed E-state index contributed by atoms with van der Waals surface area (Å²) in [5.74, 6) is 0.996. The van der Waals surface area contributed by atoms with Crippen molar-refractivity contribution < 1.29 is 4.42 Å². The van der Waals surface area contributed by atoms with Crippen LogP contribution in [0, 0.1) is 6.92 Å². The highest BCUT2D eigenvalue weighted by atomic mass is 16.3. The number of hydrogen-bond acceptors (Lipinski definition) is 3. The molecule has 0 amide bonds. The molecule has 13 heavy (non-hydrogen) atoms. The van der Waals surface area contributed by atoms with E-state index in [4.69, 9.17) is 10.2 Å². The van der Waals surface area contributed by atoms with Gasteiger partial charge in [-0.1, -0.05) is 0 Å². The lowest BCUT2D eigenvalue weighted by atomic mass is 10.2. The summed E-state index contributed by atoms with van der Waals surface area (Å²) in [7, 11) is 2.07. The third-order valence-corrected chi connectivity index (χ3v) is 2.48. The van der Waals surface area contributed by atoms with Crippen LogP contribution in [-0.4, -0.2) is 24.5 Å². The Hall–Kier alpha value is -0.800. The molecule has 0 spiro atoms. The van der Waals surface area contributed by atoms with Gasteiger partial charge in [0, 0.05) is 24.7 Å². The minimum Gasteiger partial charge on any atom is -0.469 e. The Morgan fingerprint density at radius 2 is 2.31 bits per heavy atom. The lowest BCUT2D eigenvalue weighted by Crippen LogP contribution is -2.34. The number of nitrogens with zero attached hydrogens (tertiary/aromatic N) is 1. The van der Waals surface area contributed by atoms with Crippen LogP contribution in [0.3, 0.4) is 0 Å². The maximum absolute atomic E-state index is 5.57. The Morgan fingerprint density at radius 1 is 1.62 bits per heavy atom. The highest BCUT2D eigenvalue weighted by Crippen LogP contribution is 2.11. The molecule has 0 bridgehead atoms. The molecule has 0 aliphatic rings. The Morgan fingerprint density at radius 3 is 2.77 bits per heavy atom. The van der Waals surface area contributed by atoms with E-state index in [1.54, 1.807) is 6.26 Å². The molecule has 1 unspecified atom stereocenters. The zero-order chi connectivity index (χ0) is 9.84. The molecule has 1 aromatic rings. The molecular formula is C10H18N2O. The highest BCUT2D eigenvalue weighted by molar-refractivity contribution is 5.15. The van der Waals surface area contributed by atoms with Gasteiger partial charge in [-0.3, -0.25) is 4.90 Å². The molecule has 0 aromatic carbocycles. The standard InChI is InChI=1S/C10H18N2O/c1-8(6-11)12(3)7-10-4-5-13-9(10)2/h4-5,8H,6-7,11H2,1-3H3. The molecule has 0 radical (unpaired) electrons. The van der Waals surface area contributed by atoms with Crippen molar-refractivity contribution in [1.29, 1.82) is 0 Å². The molecule has 0 aliphatic carbocycles. The number of hydrogen-bond donors (Lipinski definition) is 1. The van der Waals surface area contributed by atoms with Crippen molar-refractivity contribution in [3.05, 3.63) is 23.7 Å². The van der Waals surface area contributed by atoms with Gasteiger partial charge in [-0.05, 0) is 27.0 Å². The van der Waals surface area contributed by atoms with Gasteiger partial charge >= 0.3 is 0 Å². The Bertz CT molecular complexity index is 257. The first-order valence-electron chi connectivity index (χ1n) is 4.58. The van der Waals surface area contributed by atoms with Crippen LogP contribution in [-0.2, 0) is 6.54 Å². The average Bonchev–Trinajstić information content (AvgIpc) is 2.50. The number of furan rings is 1. The van der Waals surface area contributed by atoms with E-state index in [1.807, 2.05) is 13.0 Å². The molecule has 1 atom stereocenters. The first-order chi connectivity index (χ1) is 6.15. The van der Waals surface area contributed by atoms with Crippen molar-refractivity contribution in [2.24, 2.45) is 5.73 Å². The molecular weight excluding hydrogens is 164 g/mol. The molecule has 0 fully saturated rings. The molecule has 2 N–H and O–H groups in total. The van der Waals surface area contributed by atoms with Crippen molar-refractivity contribution in [2.45, 2.75) is 26.4 Å². The summed E-state index contributed by atoms with van der Waals surface area (Å²) < 4.78 is 5.22. The van der Waals surface area contributed by atoms with Gasteiger partial charge in [0.25, 0.3) is 0 Å². The summed E-state index contributed by atoms with van der Waals surface area (Å²) in [5, 5.41) is 0. The predicted octanol–water partition coefficient (Wildman–Crippen LogP) is 1.37. The number of rotatable bonds is 4. The van der Waals surface area contributed by atoms with E-state index in [0.29, 0.717) is 12.6 Å². The third-order valence-electron chi connectivity index (χ3n) is 2.48. The van der Waals surface area contributed by atoms with Gasteiger partial charge < -0.3 is 10.2 Å². The summed E-state index contributed by atoms with van der Waals surface area (Å²) in [5.41, 5.74) is 6.81. The Labute approximate surface area is 79.5 Å². The second-order valence-electron chi connectivity index (χ2n) is 3.50. The van der Waals surface area contributed by atoms with Crippen LogP contribution in [0.5, 0.6) is 0 Å². The average molecular weight is 182 g/mol. The van der Waals surface area contributed by atoms with Gasteiger partial charge in [0.1, 0.15) is 5.76 Å². The molecule has 3 nitrogen and oxygen atoms in total. The Balaban J connectivity index is 2.54. The van der Waals surface area contributed by atoms with Gasteiger partial charge in [0.15, 0.2) is 0 Å². The minimum absolute atomic E-state index is 0.411. The maximum atomic E-state index is 5.57. The quantitative estimate of drug-likeness (QED) is 0.764. The van der Waals surface area contributed by atoms with Crippen LogP contribution in [0.2, 0.25) is 0 Å². The highest BCUT2D eigenvalue weighted by Gasteiger charge is 2.09. The van der Waals surface area contributed by atoms with E-state index in [9.17, 15) is 0 Å². The molecule has 1 aromatic heterocycles. The van der Waals surface area contributed by atoms with Gasteiger partial charge in [-0.15, -0.1) is 0 Å². The van der Waals surface area contributed by atoms with Gasteiger partial charge in [0.2, 0.25) is 0 Å². The zero-order valence-corrected chi connectivity index (χ0v) is 8.58.